The van der Waals surface area contributed by atoms with E-state index in [1.54, 1.807) is 28.0 Å². The molecule has 1 saturated heterocycles. The van der Waals surface area contributed by atoms with Crippen molar-refractivity contribution >= 4 is 23.6 Å². The molecule has 7 heteroatoms. The van der Waals surface area contributed by atoms with Crippen molar-refractivity contribution in [3.63, 3.8) is 0 Å². The summed E-state index contributed by atoms with van der Waals surface area (Å²) in [7, 11) is 2.87. The lowest BCUT2D eigenvalue weighted by Crippen LogP contribution is -2.50. The lowest BCUT2D eigenvalue weighted by molar-refractivity contribution is 0.0599. The Kier molecular flexibility index (Phi) is 4.90. The van der Waals surface area contributed by atoms with E-state index in [1.165, 1.54) is 14.2 Å². The molecule has 2 rings (SSSR count). The molecule has 0 aliphatic carbocycles. The van der Waals surface area contributed by atoms with E-state index < -0.39 is 0 Å². The third-order valence-corrected chi connectivity index (χ3v) is 3.69. The Balaban J connectivity index is 2.02. The van der Waals surface area contributed by atoms with Crippen LogP contribution >= 0.6 is 11.6 Å². The van der Waals surface area contributed by atoms with Crippen LogP contribution in [-0.2, 0) is 4.74 Å². The number of nitrogens with zero attached hydrogens (tertiary/aromatic N) is 2. The van der Waals surface area contributed by atoms with Crippen molar-refractivity contribution in [2.45, 2.75) is 0 Å². The number of halogens is 1. The minimum atomic E-state index is -0.366. The number of ether oxygens (including phenoxy) is 2. The molecule has 21 heavy (non-hydrogen) atoms. The van der Waals surface area contributed by atoms with Gasteiger partial charge in [-0.2, -0.15) is 0 Å². The Labute approximate surface area is 128 Å². The molecule has 0 atom stereocenters. The number of rotatable bonds is 2. The van der Waals surface area contributed by atoms with Gasteiger partial charge in [-0.1, -0.05) is 11.6 Å². The highest BCUT2D eigenvalue weighted by Crippen LogP contribution is 2.25. The number of amides is 2. The maximum Gasteiger partial charge on any atom is 0.409 e. The van der Waals surface area contributed by atoms with E-state index in [1.807, 2.05) is 0 Å². The van der Waals surface area contributed by atoms with Gasteiger partial charge in [-0.3, -0.25) is 4.79 Å². The molecule has 6 nitrogen and oxygen atoms in total. The largest absolute Gasteiger partial charge is 0.495 e. The summed E-state index contributed by atoms with van der Waals surface area (Å²) in [6, 6.07) is 4.94. The zero-order chi connectivity index (χ0) is 15.4. The van der Waals surface area contributed by atoms with Gasteiger partial charge in [-0.05, 0) is 18.2 Å². The number of carbonyl (C=O) groups excluding carboxylic acids is 2. The average Bonchev–Trinajstić information content (AvgIpc) is 2.53. The first kappa shape index (κ1) is 15.4. The predicted molar refractivity (Wildman–Crippen MR) is 77.9 cm³/mol. The zero-order valence-electron chi connectivity index (χ0n) is 12.0. The molecule has 0 radical (unpaired) electrons. The Morgan fingerprint density at radius 1 is 1.10 bits per heavy atom. The highest BCUT2D eigenvalue weighted by atomic mass is 35.5. The van der Waals surface area contributed by atoms with Gasteiger partial charge in [0.1, 0.15) is 5.75 Å². The summed E-state index contributed by atoms with van der Waals surface area (Å²) in [6.07, 6.45) is -0.366. The molecule has 0 aromatic heterocycles. The molecular formula is C14H17ClN2O4. The number of methoxy groups -OCH3 is 2. The van der Waals surface area contributed by atoms with Crippen LogP contribution < -0.4 is 4.74 Å². The number of hydrogen-bond donors (Lipinski definition) is 0. The fourth-order valence-electron chi connectivity index (χ4n) is 2.20. The monoisotopic (exact) mass is 312 g/mol. The lowest BCUT2D eigenvalue weighted by Gasteiger charge is -2.33. The molecule has 1 aromatic rings. The van der Waals surface area contributed by atoms with Crippen LogP contribution in [0.3, 0.4) is 0 Å². The molecular weight excluding hydrogens is 296 g/mol. The van der Waals surface area contributed by atoms with Crippen molar-refractivity contribution in [1.29, 1.82) is 0 Å². The molecule has 0 spiro atoms. The topological polar surface area (TPSA) is 59.1 Å². The van der Waals surface area contributed by atoms with Crippen LogP contribution in [0.5, 0.6) is 5.75 Å². The summed E-state index contributed by atoms with van der Waals surface area (Å²) < 4.78 is 9.73. The van der Waals surface area contributed by atoms with Crippen molar-refractivity contribution in [1.82, 2.24) is 9.80 Å². The van der Waals surface area contributed by atoms with Crippen molar-refractivity contribution in [3.8, 4) is 5.75 Å². The van der Waals surface area contributed by atoms with Crippen LogP contribution in [0, 0.1) is 0 Å². The molecule has 1 aromatic carbocycles. The van der Waals surface area contributed by atoms with Crippen LogP contribution in [-0.4, -0.2) is 62.2 Å². The van der Waals surface area contributed by atoms with Gasteiger partial charge in [-0.25, -0.2) is 4.79 Å². The minimum Gasteiger partial charge on any atom is -0.495 e. The summed E-state index contributed by atoms with van der Waals surface area (Å²) in [4.78, 5) is 27.1. The Bertz CT molecular complexity index is 542. The van der Waals surface area contributed by atoms with Gasteiger partial charge in [0.2, 0.25) is 0 Å². The summed E-state index contributed by atoms with van der Waals surface area (Å²) in [5.74, 6) is 0.424. The number of carbonyl (C=O) groups is 2. The lowest BCUT2D eigenvalue weighted by atomic mass is 10.1. The fraction of sp³-hybridized carbons (Fsp3) is 0.429. The van der Waals surface area contributed by atoms with E-state index in [0.29, 0.717) is 42.5 Å². The number of hydrogen-bond acceptors (Lipinski definition) is 4. The highest BCUT2D eigenvalue weighted by molar-refractivity contribution is 6.32. The standard InChI is InChI=1S/C14H17ClN2O4/c1-20-12-4-3-10(9-11(12)15)13(18)16-5-7-17(8-6-16)14(19)21-2/h3-4,9H,5-8H2,1-2H3. The Morgan fingerprint density at radius 3 is 2.24 bits per heavy atom. The van der Waals surface area contributed by atoms with E-state index in [2.05, 4.69) is 4.74 Å². The van der Waals surface area contributed by atoms with E-state index >= 15 is 0 Å². The quantitative estimate of drug-likeness (QED) is 0.836. The third-order valence-electron chi connectivity index (χ3n) is 3.40. The van der Waals surface area contributed by atoms with Crippen molar-refractivity contribution in [2.75, 3.05) is 40.4 Å². The molecule has 2 amide bonds. The Hall–Kier alpha value is -1.95. The van der Waals surface area contributed by atoms with Crippen LogP contribution in [0.2, 0.25) is 5.02 Å². The third kappa shape index (κ3) is 3.39. The molecule has 1 aliphatic rings. The summed E-state index contributed by atoms with van der Waals surface area (Å²) in [5.41, 5.74) is 0.507. The van der Waals surface area contributed by atoms with Gasteiger partial charge >= 0.3 is 6.09 Å². The SMILES string of the molecule is COC(=O)N1CCN(C(=O)c2ccc(OC)c(Cl)c2)CC1. The van der Waals surface area contributed by atoms with Crippen LogP contribution in [0.15, 0.2) is 18.2 Å². The maximum absolute atomic E-state index is 12.4. The van der Waals surface area contributed by atoms with Crippen LogP contribution in [0.4, 0.5) is 4.79 Å². The first-order valence-corrected chi connectivity index (χ1v) is 6.90. The molecule has 0 bridgehead atoms. The zero-order valence-corrected chi connectivity index (χ0v) is 12.7. The molecule has 0 saturated carbocycles. The van der Waals surface area contributed by atoms with E-state index in [9.17, 15) is 9.59 Å². The molecule has 0 unspecified atom stereocenters. The summed E-state index contributed by atoms with van der Waals surface area (Å²) in [5, 5.41) is 0.400. The highest BCUT2D eigenvalue weighted by Gasteiger charge is 2.25. The average molecular weight is 313 g/mol. The second-order valence-corrected chi connectivity index (χ2v) is 5.01. The predicted octanol–water partition coefficient (Wildman–Crippen LogP) is 1.87. The molecule has 1 heterocycles. The molecule has 114 valence electrons. The normalized spacial score (nSPS) is 14.8. The van der Waals surface area contributed by atoms with Gasteiger partial charge in [0, 0.05) is 31.7 Å². The Morgan fingerprint density at radius 2 is 1.71 bits per heavy atom. The maximum atomic E-state index is 12.4. The first-order chi connectivity index (χ1) is 10.1. The molecule has 0 N–H and O–H groups in total. The molecule has 1 fully saturated rings. The first-order valence-electron chi connectivity index (χ1n) is 6.52. The van der Waals surface area contributed by atoms with Gasteiger partial charge in [0.05, 0.1) is 19.2 Å². The van der Waals surface area contributed by atoms with Gasteiger partial charge in [-0.15, -0.1) is 0 Å². The number of piperazine rings is 1. The van der Waals surface area contributed by atoms with Crippen LogP contribution in [0.1, 0.15) is 10.4 Å². The summed E-state index contributed by atoms with van der Waals surface area (Å²) >= 11 is 6.03. The molecule has 1 aliphatic heterocycles. The van der Waals surface area contributed by atoms with Gasteiger partial charge < -0.3 is 19.3 Å². The number of benzene rings is 1. The van der Waals surface area contributed by atoms with Crippen LogP contribution in [0.25, 0.3) is 0 Å². The van der Waals surface area contributed by atoms with Crippen molar-refractivity contribution < 1.29 is 19.1 Å². The van der Waals surface area contributed by atoms with Crippen molar-refractivity contribution in [2.24, 2.45) is 0 Å². The van der Waals surface area contributed by atoms with E-state index in [0.717, 1.165) is 0 Å². The smallest absolute Gasteiger partial charge is 0.409 e. The minimum absolute atomic E-state index is 0.107. The second-order valence-electron chi connectivity index (χ2n) is 4.60. The van der Waals surface area contributed by atoms with Crippen molar-refractivity contribution in [3.05, 3.63) is 28.8 Å². The fourth-order valence-corrected chi connectivity index (χ4v) is 2.46. The second kappa shape index (κ2) is 6.67. The van der Waals surface area contributed by atoms with E-state index in [4.69, 9.17) is 16.3 Å². The van der Waals surface area contributed by atoms with Gasteiger partial charge in [0.25, 0.3) is 5.91 Å². The van der Waals surface area contributed by atoms with E-state index in [-0.39, 0.29) is 12.0 Å². The van der Waals surface area contributed by atoms with Gasteiger partial charge in [0.15, 0.2) is 0 Å². The summed E-state index contributed by atoms with van der Waals surface area (Å²) in [6.45, 7) is 1.86.